The van der Waals surface area contributed by atoms with Crippen LogP contribution in [-0.2, 0) is 14.3 Å². The zero-order chi connectivity index (χ0) is 19.7. The minimum atomic E-state index is -0.947. The van der Waals surface area contributed by atoms with Crippen LogP contribution in [0.25, 0.3) is 0 Å². The van der Waals surface area contributed by atoms with Crippen molar-refractivity contribution in [3.8, 4) is 0 Å². The van der Waals surface area contributed by atoms with Crippen molar-refractivity contribution < 1.29 is 14.3 Å². The van der Waals surface area contributed by atoms with E-state index in [9.17, 15) is 14.4 Å². The zero-order valence-electron chi connectivity index (χ0n) is 14.8. The molecule has 0 unspecified atom stereocenters. The van der Waals surface area contributed by atoms with Crippen molar-refractivity contribution in [1.82, 2.24) is 9.97 Å². The first kappa shape index (κ1) is 18.5. The third kappa shape index (κ3) is 3.71. The lowest BCUT2D eigenvalue weighted by Crippen LogP contribution is -2.41. The Morgan fingerprint density at radius 1 is 1.29 bits per heavy atom. The van der Waals surface area contributed by atoms with Gasteiger partial charge in [-0.05, 0) is 18.2 Å². The molecule has 0 bridgehead atoms. The number of amides is 2. The fourth-order valence-corrected chi connectivity index (χ4v) is 3.49. The third-order valence-electron chi connectivity index (χ3n) is 4.66. The summed E-state index contributed by atoms with van der Waals surface area (Å²) in [7, 11) is 0. The standard InChI is InChI=1S/C18H18ClN5O4/c19-10-2-1-3-11(8-10)20-16(26)12-9-13(25)21-15-14(12)17(27)23-18(22-15)24-4-6-28-7-5-24/h1-3,8,12H,4-7,9H2,(H,20,26)(H2,21,22,23,25,27)/t12-/m1/s1. The Kier molecular flexibility index (Phi) is 5.01. The Bertz CT molecular complexity index is 986. The second kappa shape index (κ2) is 7.61. The number of carbonyl (C=O) groups is 2. The summed E-state index contributed by atoms with van der Waals surface area (Å²) in [5.74, 6) is -1.32. The van der Waals surface area contributed by atoms with Gasteiger partial charge in [-0.2, -0.15) is 4.98 Å². The summed E-state index contributed by atoms with van der Waals surface area (Å²) in [6.07, 6.45) is -0.138. The van der Waals surface area contributed by atoms with E-state index >= 15 is 0 Å². The van der Waals surface area contributed by atoms with Crippen LogP contribution in [0.2, 0.25) is 5.02 Å². The Morgan fingerprint density at radius 2 is 2.07 bits per heavy atom. The lowest BCUT2D eigenvalue weighted by molar-refractivity contribution is -0.123. The number of aromatic nitrogens is 2. The van der Waals surface area contributed by atoms with Gasteiger partial charge in [0.05, 0.1) is 24.7 Å². The van der Waals surface area contributed by atoms with Gasteiger partial charge in [-0.3, -0.25) is 19.4 Å². The summed E-state index contributed by atoms with van der Waals surface area (Å²) in [5, 5.41) is 5.78. The van der Waals surface area contributed by atoms with Crippen molar-refractivity contribution in [2.75, 3.05) is 41.8 Å². The molecule has 4 rings (SSSR count). The topological polar surface area (TPSA) is 116 Å². The number of aromatic amines is 1. The van der Waals surface area contributed by atoms with E-state index in [2.05, 4.69) is 20.6 Å². The third-order valence-corrected chi connectivity index (χ3v) is 4.89. The van der Waals surface area contributed by atoms with Crippen molar-refractivity contribution >= 4 is 40.9 Å². The minimum Gasteiger partial charge on any atom is -0.378 e. The molecule has 146 valence electrons. The van der Waals surface area contributed by atoms with E-state index in [0.29, 0.717) is 43.0 Å². The first-order valence-corrected chi connectivity index (χ1v) is 9.22. The first-order valence-electron chi connectivity index (χ1n) is 8.84. The Morgan fingerprint density at radius 3 is 2.82 bits per heavy atom. The number of halogens is 1. The average Bonchev–Trinajstić information content (AvgIpc) is 2.67. The smallest absolute Gasteiger partial charge is 0.258 e. The number of hydrogen-bond donors (Lipinski definition) is 3. The molecule has 1 fully saturated rings. The molecule has 0 aliphatic carbocycles. The van der Waals surface area contributed by atoms with Gasteiger partial charge in [-0.15, -0.1) is 0 Å². The number of nitrogens with one attached hydrogen (secondary N) is 3. The number of morpholine rings is 1. The summed E-state index contributed by atoms with van der Waals surface area (Å²) >= 11 is 5.94. The van der Waals surface area contributed by atoms with Crippen molar-refractivity contribution in [2.24, 2.45) is 0 Å². The van der Waals surface area contributed by atoms with Gasteiger partial charge in [0.1, 0.15) is 5.82 Å². The molecule has 2 amide bonds. The van der Waals surface area contributed by atoms with Crippen LogP contribution < -0.4 is 21.1 Å². The molecule has 2 aromatic rings. The van der Waals surface area contributed by atoms with Crippen LogP contribution in [0, 0.1) is 0 Å². The van der Waals surface area contributed by atoms with Crippen LogP contribution >= 0.6 is 11.6 Å². The van der Waals surface area contributed by atoms with E-state index < -0.39 is 17.4 Å². The molecule has 1 aromatic carbocycles. The molecule has 0 saturated carbocycles. The van der Waals surface area contributed by atoms with E-state index in [-0.39, 0.29) is 23.7 Å². The van der Waals surface area contributed by atoms with Gasteiger partial charge in [0.25, 0.3) is 5.56 Å². The fraction of sp³-hybridized carbons (Fsp3) is 0.333. The number of ether oxygens (including phenoxy) is 1. The van der Waals surface area contributed by atoms with E-state index in [4.69, 9.17) is 16.3 Å². The lowest BCUT2D eigenvalue weighted by atomic mass is 9.92. The molecule has 1 aromatic heterocycles. The van der Waals surface area contributed by atoms with E-state index in [1.165, 1.54) is 0 Å². The molecule has 1 saturated heterocycles. The van der Waals surface area contributed by atoms with Crippen molar-refractivity contribution in [1.29, 1.82) is 0 Å². The molecule has 1 atom stereocenters. The van der Waals surface area contributed by atoms with Gasteiger partial charge in [-0.1, -0.05) is 17.7 Å². The predicted octanol–water partition coefficient (Wildman–Crippen LogP) is 1.32. The van der Waals surface area contributed by atoms with Crippen LogP contribution in [0.4, 0.5) is 17.5 Å². The van der Waals surface area contributed by atoms with E-state index in [0.717, 1.165) is 0 Å². The minimum absolute atomic E-state index is 0.118. The highest BCUT2D eigenvalue weighted by Gasteiger charge is 2.35. The summed E-state index contributed by atoms with van der Waals surface area (Å²) in [6.45, 7) is 2.21. The molecule has 2 aliphatic rings. The second-order valence-electron chi connectivity index (χ2n) is 6.56. The van der Waals surface area contributed by atoms with Crippen LogP contribution in [0.3, 0.4) is 0 Å². The highest BCUT2D eigenvalue weighted by molar-refractivity contribution is 6.30. The van der Waals surface area contributed by atoms with Gasteiger partial charge in [0.2, 0.25) is 17.8 Å². The predicted molar refractivity (Wildman–Crippen MR) is 104 cm³/mol. The maximum atomic E-state index is 12.8. The van der Waals surface area contributed by atoms with Gasteiger partial charge >= 0.3 is 0 Å². The van der Waals surface area contributed by atoms with Crippen molar-refractivity contribution in [3.05, 3.63) is 45.2 Å². The number of benzene rings is 1. The Balaban J connectivity index is 1.65. The van der Waals surface area contributed by atoms with Crippen LogP contribution in [0.5, 0.6) is 0 Å². The van der Waals surface area contributed by atoms with E-state index in [1.54, 1.807) is 24.3 Å². The molecule has 3 N–H and O–H groups in total. The largest absolute Gasteiger partial charge is 0.378 e. The highest BCUT2D eigenvalue weighted by atomic mass is 35.5. The summed E-state index contributed by atoms with van der Waals surface area (Å²) < 4.78 is 5.30. The molecule has 2 aliphatic heterocycles. The molecule has 10 heteroatoms. The number of anilines is 3. The number of rotatable bonds is 3. The van der Waals surface area contributed by atoms with E-state index in [1.807, 2.05) is 4.90 Å². The average molecular weight is 404 g/mol. The Hall–Kier alpha value is -2.91. The molecule has 0 spiro atoms. The SMILES string of the molecule is O=C1C[C@@H](C(=O)Nc2cccc(Cl)c2)c2c(nc(N3CCOCC3)[nH]c2=O)N1. The zero-order valence-corrected chi connectivity index (χ0v) is 15.6. The number of fused-ring (bicyclic) bond motifs is 1. The Labute approximate surface area is 165 Å². The van der Waals surface area contributed by atoms with Gasteiger partial charge < -0.3 is 20.3 Å². The quantitative estimate of drug-likeness (QED) is 0.711. The number of H-pyrrole nitrogens is 1. The summed E-state index contributed by atoms with van der Waals surface area (Å²) in [6, 6.07) is 6.65. The van der Waals surface area contributed by atoms with Gasteiger partial charge in [0.15, 0.2) is 0 Å². The number of carbonyl (C=O) groups excluding carboxylic acids is 2. The number of hydrogen-bond acceptors (Lipinski definition) is 6. The van der Waals surface area contributed by atoms with Gasteiger partial charge in [0, 0.05) is 30.2 Å². The maximum absolute atomic E-state index is 12.8. The summed E-state index contributed by atoms with van der Waals surface area (Å²) in [5.41, 5.74) is 0.188. The van der Waals surface area contributed by atoms with Crippen LogP contribution in [0.1, 0.15) is 17.9 Å². The lowest BCUT2D eigenvalue weighted by Gasteiger charge is -2.29. The normalized spacial score (nSPS) is 19.0. The van der Waals surface area contributed by atoms with Crippen LogP contribution in [-0.4, -0.2) is 48.1 Å². The maximum Gasteiger partial charge on any atom is 0.258 e. The molecule has 0 radical (unpaired) electrons. The fourth-order valence-electron chi connectivity index (χ4n) is 3.30. The molecule has 3 heterocycles. The molecule has 9 nitrogen and oxygen atoms in total. The van der Waals surface area contributed by atoms with Gasteiger partial charge in [-0.25, -0.2) is 0 Å². The van der Waals surface area contributed by atoms with Crippen LogP contribution in [0.15, 0.2) is 29.1 Å². The molecule has 28 heavy (non-hydrogen) atoms. The highest BCUT2D eigenvalue weighted by Crippen LogP contribution is 2.30. The first-order chi connectivity index (χ1) is 13.5. The molecular weight excluding hydrogens is 386 g/mol. The van der Waals surface area contributed by atoms with Crippen molar-refractivity contribution in [3.63, 3.8) is 0 Å². The number of nitrogens with zero attached hydrogens (tertiary/aromatic N) is 2. The molecular formula is C18H18ClN5O4. The van der Waals surface area contributed by atoms with Crippen molar-refractivity contribution in [2.45, 2.75) is 12.3 Å². The monoisotopic (exact) mass is 403 g/mol. The summed E-state index contributed by atoms with van der Waals surface area (Å²) in [4.78, 5) is 46.7. The second-order valence-corrected chi connectivity index (χ2v) is 6.99.